The van der Waals surface area contributed by atoms with Gasteiger partial charge in [-0.1, -0.05) is 43.1 Å². The van der Waals surface area contributed by atoms with Crippen LogP contribution < -0.4 is 5.73 Å². The molecule has 1 fully saturated rings. The Kier molecular flexibility index (Phi) is 5.12. The Morgan fingerprint density at radius 3 is 2.71 bits per heavy atom. The number of nitrogens with two attached hydrogens (primary N) is 1. The predicted molar refractivity (Wildman–Crippen MR) is 82.1 cm³/mol. The highest BCUT2D eigenvalue weighted by Gasteiger charge is 2.45. The summed E-state index contributed by atoms with van der Waals surface area (Å²) in [6.45, 7) is 1.92. The molecule has 21 heavy (non-hydrogen) atoms. The van der Waals surface area contributed by atoms with Crippen LogP contribution in [-0.2, 0) is 10.3 Å². The molecule has 2 rings (SSSR count). The number of ether oxygens (including phenoxy) is 1. The molecule has 3 atom stereocenters. The zero-order chi connectivity index (χ0) is 15.5. The molecular weight excluding hydrogens is 290 g/mol. The molecule has 0 saturated heterocycles. The van der Waals surface area contributed by atoms with Gasteiger partial charge in [0, 0.05) is 16.5 Å². The van der Waals surface area contributed by atoms with Gasteiger partial charge in [0.15, 0.2) is 0 Å². The highest BCUT2D eigenvalue weighted by molar-refractivity contribution is 6.31. The van der Waals surface area contributed by atoms with E-state index in [1.165, 1.54) is 0 Å². The van der Waals surface area contributed by atoms with Crippen molar-refractivity contribution in [1.82, 2.24) is 0 Å². The maximum atomic E-state index is 11.3. The van der Waals surface area contributed by atoms with Gasteiger partial charge in [-0.25, -0.2) is 4.79 Å². The minimum absolute atomic E-state index is 0.191. The van der Waals surface area contributed by atoms with E-state index in [-0.39, 0.29) is 12.0 Å². The van der Waals surface area contributed by atoms with Crippen LogP contribution in [0.2, 0.25) is 5.02 Å². The summed E-state index contributed by atoms with van der Waals surface area (Å²) in [7, 11) is 0. The zero-order valence-electron chi connectivity index (χ0n) is 12.2. The van der Waals surface area contributed by atoms with Gasteiger partial charge in [0.1, 0.15) is 6.10 Å². The van der Waals surface area contributed by atoms with E-state index in [2.05, 4.69) is 0 Å². The van der Waals surface area contributed by atoms with E-state index in [0.29, 0.717) is 17.0 Å². The first kappa shape index (κ1) is 16.1. The van der Waals surface area contributed by atoms with E-state index in [0.717, 1.165) is 25.7 Å². The Morgan fingerprint density at radius 2 is 2.10 bits per heavy atom. The van der Waals surface area contributed by atoms with Crippen molar-refractivity contribution in [2.75, 3.05) is 0 Å². The monoisotopic (exact) mass is 311 g/mol. The van der Waals surface area contributed by atoms with Crippen molar-refractivity contribution >= 4 is 17.7 Å². The largest absolute Gasteiger partial charge is 0.446 e. The summed E-state index contributed by atoms with van der Waals surface area (Å²) in [5, 5.41) is 11.8. The quantitative estimate of drug-likeness (QED) is 0.892. The first-order valence-electron chi connectivity index (χ1n) is 7.42. The van der Waals surface area contributed by atoms with Crippen LogP contribution in [0.1, 0.15) is 44.6 Å². The van der Waals surface area contributed by atoms with Crippen molar-refractivity contribution in [2.45, 2.75) is 50.7 Å². The lowest BCUT2D eigenvalue weighted by molar-refractivity contribution is -0.0968. The number of carbonyl (C=O) groups is 1. The van der Waals surface area contributed by atoms with Crippen LogP contribution in [0.25, 0.3) is 0 Å². The van der Waals surface area contributed by atoms with Gasteiger partial charge in [-0.2, -0.15) is 0 Å². The molecule has 0 aromatic heterocycles. The molecule has 0 bridgehead atoms. The van der Waals surface area contributed by atoms with Gasteiger partial charge in [0.2, 0.25) is 0 Å². The number of rotatable bonds is 4. The maximum absolute atomic E-state index is 11.3. The van der Waals surface area contributed by atoms with Crippen molar-refractivity contribution in [2.24, 2.45) is 11.7 Å². The maximum Gasteiger partial charge on any atom is 0.404 e. The third-order valence-corrected chi connectivity index (χ3v) is 4.79. The summed E-state index contributed by atoms with van der Waals surface area (Å²) in [6, 6.07) is 7.29. The van der Waals surface area contributed by atoms with Gasteiger partial charge in [-0.05, 0) is 31.7 Å². The molecule has 1 saturated carbocycles. The lowest BCUT2D eigenvalue weighted by atomic mass is 9.70. The third kappa shape index (κ3) is 3.33. The Hall–Kier alpha value is -1.26. The van der Waals surface area contributed by atoms with Crippen LogP contribution >= 0.6 is 11.6 Å². The molecule has 1 unspecified atom stereocenters. The summed E-state index contributed by atoms with van der Waals surface area (Å²) in [4.78, 5) is 11.1. The molecule has 1 aromatic carbocycles. The Labute approximate surface area is 130 Å². The van der Waals surface area contributed by atoms with Crippen LogP contribution in [0.5, 0.6) is 0 Å². The van der Waals surface area contributed by atoms with Crippen molar-refractivity contribution in [3.05, 3.63) is 34.9 Å². The summed E-state index contributed by atoms with van der Waals surface area (Å²) in [6.07, 6.45) is 2.82. The Balaban J connectivity index is 2.37. The van der Waals surface area contributed by atoms with Crippen LogP contribution in [0.3, 0.4) is 0 Å². The second kappa shape index (κ2) is 6.67. The van der Waals surface area contributed by atoms with Gasteiger partial charge in [0.25, 0.3) is 0 Å². The highest BCUT2D eigenvalue weighted by Crippen LogP contribution is 2.44. The number of carbonyl (C=O) groups excluding carboxylic acids is 1. The molecule has 0 spiro atoms. The fourth-order valence-corrected chi connectivity index (χ4v) is 3.70. The van der Waals surface area contributed by atoms with Crippen LogP contribution in [0.15, 0.2) is 24.3 Å². The number of primary amides is 1. The number of hydrogen-bond donors (Lipinski definition) is 2. The molecule has 0 radical (unpaired) electrons. The molecule has 3 N–H and O–H groups in total. The van der Waals surface area contributed by atoms with Crippen LogP contribution in [0, 0.1) is 5.92 Å². The average Bonchev–Trinajstić information content (AvgIpc) is 2.47. The minimum atomic E-state index is -1.11. The predicted octanol–water partition coefficient (Wildman–Crippen LogP) is 3.59. The fourth-order valence-electron chi connectivity index (χ4n) is 3.40. The molecule has 5 heteroatoms. The average molecular weight is 312 g/mol. The van der Waals surface area contributed by atoms with Gasteiger partial charge in [-0.3, -0.25) is 0 Å². The standard InChI is InChI=1S/C16H22ClNO3/c1-2-16(20,11-7-3-5-9-13(11)17)12-8-4-6-10-14(12)21-15(18)19/h3,5,7,9,12,14,20H,2,4,6,8,10H2,1H3,(H2,18,19)/t12-,14?,16-/m1/s1. The topological polar surface area (TPSA) is 72.6 Å². The second-order valence-corrected chi connectivity index (χ2v) is 6.03. The second-order valence-electron chi connectivity index (χ2n) is 5.62. The highest BCUT2D eigenvalue weighted by atomic mass is 35.5. The molecule has 0 heterocycles. The Morgan fingerprint density at radius 1 is 1.43 bits per heavy atom. The van der Waals surface area contributed by atoms with Crippen molar-refractivity contribution in [3.63, 3.8) is 0 Å². The summed E-state index contributed by atoms with van der Waals surface area (Å²) >= 11 is 6.27. The SMILES string of the molecule is CC[C@@](O)(c1ccccc1Cl)[C@@H]1CCCCC1OC(N)=O. The van der Waals surface area contributed by atoms with Gasteiger partial charge in [-0.15, -0.1) is 0 Å². The van der Waals surface area contributed by atoms with E-state index in [1.54, 1.807) is 6.07 Å². The normalized spacial score (nSPS) is 25.1. The number of amides is 1. The molecule has 1 aromatic rings. The molecule has 0 aliphatic heterocycles. The third-order valence-electron chi connectivity index (χ3n) is 4.46. The molecule has 1 aliphatic carbocycles. The van der Waals surface area contributed by atoms with Crippen molar-refractivity contribution in [3.8, 4) is 0 Å². The van der Waals surface area contributed by atoms with Gasteiger partial charge in [0.05, 0.1) is 5.60 Å². The summed E-state index contributed by atoms with van der Waals surface area (Å²) in [5.74, 6) is -0.191. The fraction of sp³-hybridized carbons (Fsp3) is 0.562. The number of aliphatic hydroxyl groups is 1. The summed E-state index contributed by atoms with van der Waals surface area (Å²) in [5.41, 5.74) is 4.75. The van der Waals surface area contributed by atoms with E-state index in [9.17, 15) is 9.90 Å². The lowest BCUT2D eigenvalue weighted by Gasteiger charge is -2.42. The Bertz CT molecular complexity index is 508. The van der Waals surface area contributed by atoms with Crippen molar-refractivity contribution < 1.29 is 14.6 Å². The lowest BCUT2D eigenvalue weighted by Crippen LogP contribution is -2.45. The number of hydrogen-bond acceptors (Lipinski definition) is 3. The summed E-state index contributed by atoms with van der Waals surface area (Å²) < 4.78 is 5.25. The van der Waals surface area contributed by atoms with Crippen LogP contribution in [-0.4, -0.2) is 17.3 Å². The zero-order valence-corrected chi connectivity index (χ0v) is 13.0. The van der Waals surface area contributed by atoms with Crippen molar-refractivity contribution in [1.29, 1.82) is 0 Å². The molecule has 4 nitrogen and oxygen atoms in total. The van der Waals surface area contributed by atoms with Gasteiger partial charge < -0.3 is 15.6 Å². The van der Waals surface area contributed by atoms with E-state index >= 15 is 0 Å². The molecule has 1 aliphatic rings. The van der Waals surface area contributed by atoms with E-state index < -0.39 is 11.7 Å². The van der Waals surface area contributed by atoms with E-state index in [4.69, 9.17) is 22.1 Å². The van der Waals surface area contributed by atoms with Gasteiger partial charge >= 0.3 is 6.09 Å². The minimum Gasteiger partial charge on any atom is -0.446 e. The molecular formula is C16H22ClNO3. The first-order chi connectivity index (χ1) is 9.99. The van der Waals surface area contributed by atoms with E-state index in [1.807, 2.05) is 25.1 Å². The molecule has 1 amide bonds. The number of halogens is 1. The molecule has 116 valence electrons. The smallest absolute Gasteiger partial charge is 0.404 e. The first-order valence-corrected chi connectivity index (χ1v) is 7.80. The number of benzene rings is 1. The van der Waals surface area contributed by atoms with Crippen LogP contribution in [0.4, 0.5) is 4.79 Å².